The van der Waals surface area contributed by atoms with Crippen molar-refractivity contribution in [2.75, 3.05) is 18.0 Å². The van der Waals surface area contributed by atoms with Gasteiger partial charge < -0.3 is 10.0 Å². The number of hydrogen-bond donors (Lipinski definition) is 1. The highest BCUT2D eigenvalue weighted by molar-refractivity contribution is 5.54. The Labute approximate surface area is 126 Å². The number of hydrogen-bond acceptors (Lipinski definition) is 2. The maximum atomic E-state index is 9.59. The van der Waals surface area contributed by atoms with Crippen LogP contribution in [0.25, 0.3) is 0 Å². The fourth-order valence-electron chi connectivity index (χ4n) is 2.57. The maximum absolute atomic E-state index is 9.59. The standard InChI is InChI=1S/C19H19NO/c21-19-11-13-20(14-12-19)18-8-4-7-17(15-18)10-9-16-5-2-1-3-6-16/h1-8,15,19,21H,11-14H2. The topological polar surface area (TPSA) is 23.5 Å². The largest absolute Gasteiger partial charge is 0.393 e. The second-order valence-electron chi connectivity index (χ2n) is 5.38. The molecule has 0 radical (unpaired) electrons. The monoisotopic (exact) mass is 277 g/mol. The van der Waals surface area contributed by atoms with Gasteiger partial charge in [-0.15, -0.1) is 0 Å². The van der Waals surface area contributed by atoms with E-state index < -0.39 is 0 Å². The molecule has 106 valence electrons. The molecule has 3 rings (SSSR count). The molecule has 1 saturated heterocycles. The average Bonchev–Trinajstić information content (AvgIpc) is 2.55. The second-order valence-corrected chi connectivity index (χ2v) is 5.38. The fourth-order valence-corrected chi connectivity index (χ4v) is 2.57. The Morgan fingerprint density at radius 3 is 2.29 bits per heavy atom. The van der Waals surface area contributed by atoms with Crippen LogP contribution in [0.3, 0.4) is 0 Å². The van der Waals surface area contributed by atoms with Crippen LogP contribution in [0.1, 0.15) is 24.0 Å². The molecule has 0 aliphatic carbocycles. The minimum Gasteiger partial charge on any atom is -0.393 e. The molecule has 0 bridgehead atoms. The molecule has 0 amide bonds. The third kappa shape index (κ3) is 3.65. The van der Waals surface area contributed by atoms with E-state index >= 15 is 0 Å². The first-order valence-corrected chi connectivity index (χ1v) is 7.41. The predicted molar refractivity (Wildman–Crippen MR) is 86.3 cm³/mol. The first-order chi connectivity index (χ1) is 10.3. The minimum absolute atomic E-state index is 0.137. The third-order valence-corrected chi connectivity index (χ3v) is 3.80. The van der Waals surface area contributed by atoms with E-state index in [-0.39, 0.29) is 6.10 Å². The van der Waals surface area contributed by atoms with E-state index in [0.29, 0.717) is 0 Å². The smallest absolute Gasteiger partial charge is 0.0574 e. The lowest BCUT2D eigenvalue weighted by atomic mass is 10.1. The van der Waals surface area contributed by atoms with Crippen LogP contribution in [0.4, 0.5) is 5.69 Å². The lowest BCUT2D eigenvalue weighted by Gasteiger charge is -2.31. The van der Waals surface area contributed by atoms with Crippen LogP contribution in [-0.4, -0.2) is 24.3 Å². The van der Waals surface area contributed by atoms with Gasteiger partial charge in [-0.1, -0.05) is 36.1 Å². The van der Waals surface area contributed by atoms with Gasteiger partial charge in [0.05, 0.1) is 6.10 Å². The second kappa shape index (κ2) is 6.47. The lowest BCUT2D eigenvalue weighted by molar-refractivity contribution is 0.145. The number of anilines is 1. The minimum atomic E-state index is -0.137. The van der Waals surface area contributed by atoms with Crippen molar-refractivity contribution in [2.24, 2.45) is 0 Å². The Hall–Kier alpha value is -2.24. The van der Waals surface area contributed by atoms with Crippen molar-refractivity contribution < 1.29 is 5.11 Å². The summed E-state index contributed by atoms with van der Waals surface area (Å²) in [4.78, 5) is 2.32. The summed E-state index contributed by atoms with van der Waals surface area (Å²) in [7, 11) is 0. The van der Waals surface area contributed by atoms with Crippen LogP contribution in [0.15, 0.2) is 54.6 Å². The van der Waals surface area contributed by atoms with Crippen molar-refractivity contribution in [1.29, 1.82) is 0 Å². The van der Waals surface area contributed by atoms with Crippen LogP contribution < -0.4 is 4.90 Å². The van der Waals surface area contributed by atoms with E-state index in [1.165, 1.54) is 5.69 Å². The number of nitrogens with zero attached hydrogens (tertiary/aromatic N) is 1. The van der Waals surface area contributed by atoms with Gasteiger partial charge in [0.2, 0.25) is 0 Å². The molecular weight excluding hydrogens is 258 g/mol. The van der Waals surface area contributed by atoms with E-state index in [1.54, 1.807) is 0 Å². The van der Waals surface area contributed by atoms with Gasteiger partial charge in [-0.05, 0) is 43.2 Å². The van der Waals surface area contributed by atoms with E-state index in [2.05, 4.69) is 34.9 Å². The highest BCUT2D eigenvalue weighted by Crippen LogP contribution is 2.20. The molecule has 0 aromatic heterocycles. The molecule has 21 heavy (non-hydrogen) atoms. The zero-order chi connectivity index (χ0) is 14.5. The molecule has 2 aromatic rings. The molecule has 0 unspecified atom stereocenters. The first kappa shape index (κ1) is 13.7. The zero-order valence-corrected chi connectivity index (χ0v) is 12.0. The summed E-state index contributed by atoms with van der Waals surface area (Å²) in [6.45, 7) is 1.83. The predicted octanol–water partition coefficient (Wildman–Crippen LogP) is 3.05. The van der Waals surface area contributed by atoms with Gasteiger partial charge in [-0.2, -0.15) is 0 Å². The maximum Gasteiger partial charge on any atom is 0.0574 e. The van der Waals surface area contributed by atoms with E-state index in [1.807, 2.05) is 36.4 Å². The quantitative estimate of drug-likeness (QED) is 0.810. The summed E-state index contributed by atoms with van der Waals surface area (Å²) in [5, 5.41) is 9.59. The fraction of sp³-hybridized carbons (Fsp3) is 0.263. The summed E-state index contributed by atoms with van der Waals surface area (Å²) in [6, 6.07) is 18.4. The molecule has 0 saturated carbocycles. The summed E-state index contributed by atoms with van der Waals surface area (Å²) in [5.41, 5.74) is 3.26. The zero-order valence-electron chi connectivity index (χ0n) is 12.0. The van der Waals surface area contributed by atoms with E-state index in [9.17, 15) is 5.11 Å². The van der Waals surface area contributed by atoms with E-state index in [0.717, 1.165) is 37.1 Å². The van der Waals surface area contributed by atoms with Crippen LogP contribution >= 0.6 is 0 Å². The van der Waals surface area contributed by atoms with Crippen LogP contribution in [0, 0.1) is 11.8 Å². The summed E-state index contributed by atoms with van der Waals surface area (Å²) >= 11 is 0. The lowest BCUT2D eigenvalue weighted by Crippen LogP contribution is -2.35. The molecule has 1 heterocycles. The first-order valence-electron chi connectivity index (χ1n) is 7.41. The molecule has 1 aliphatic heterocycles. The molecule has 1 aliphatic rings. The molecule has 2 aromatic carbocycles. The number of aliphatic hydroxyl groups is 1. The average molecular weight is 277 g/mol. The molecule has 0 spiro atoms. The van der Waals surface area contributed by atoms with Crippen LogP contribution in [-0.2, 0) is 0 Å². The summed E-state index contributed by atoms with van der Waals surface area (Å²) in [6.07, 6.45) is 1.56. The van der Waals surface area contributed by atoms with Crippen molar-refractivity contribution in [3.8, 4) is 11.8 Å². The number of aliphatic hydroxyl groups excluding tert-OH is 1. The van der Waals surface area contributed by atoms with Gasteiger partial charge in [0.1, 0.15) is 0 Å². The molecule has 2 heteroatoms. The highest BCUT2D eigenvalue weighted by atomic mass is 16.3. The van der Waals surface area contributed by atoms with Gasteiger partial charge >= 0.3 is 0 Å². The van der Waals surface area contributed by atoms with Gasteiger partial charge in [-0.3, -0.25) is 0 Å². The SMILES string of the molecule is OC1CCN(c2cccc(C#Cc3ccccc3)c2)CC1. The van der Waals surface area contributed by atoms with Gasteiger partial charge in [-0.25, -0.2) is 0 Å². The summed E-state index contributed by atoms with van der Waals surface area (Å²) in [5.74, 6) is 6.41. The molecular formula is C19H19NO. The molecule has 1 N–H and O–H groups in total. The van der Waals surface area contributed by atoms with Crippen molar-refractivity contribution in [2.45, 2.75) is 18.9 Å². The Bertz CT molecular complexity index is 646. The summed E-state index contributed by atoms with van der Waals surface area (Å²) < 4.78 is 0. The van der Waals surface area contributed by atoms with Crippen molar-refractivity contribution in [1.82, 2.24) is 0 Å². The highest BCUT2D eigenvalue weighted by Gasteiger charge is 2.16. The third-order valence-electron chi connectivity index (χ3n) is 3.80. The van der Waals surface area contributed by atoms with Gasteiger partial charge in [0, 0.05) is 29.9 Å². The van der Waals surface area contributed by atoms with Crippen LogP contribution in [0.5, 0.6) is 0 Å². The van der Waals surface area contributed by atoms with Crippen molar-refractivity contribution in [3.63, 3.8) is 0 Å². The molecule has 0 atom stereocenters. The Balaban J connectivity index is 1.76. The normalized spacial score (nSPS) is 15.4. The van der Waals surface area contributed by atoms with E-state index in [4.69, 9.17) is 0 Å². The number of benzene rings is 2. The Kier molecular flexibility index (Phi) is 4.23. The molecule has 1 fully saturated rings. The van der Waals surface area contributed by atoms with Gasteiger partial charge in [0.25, 0.3) is 0 Å². The number of piperidine rings is 1. The Morgan fingerprint density at radius 1 is 0.857 bits per heavy atom. The number of rotatable bonds is 1. The van der Waals surface area contributed by atoms with Crippen molar-refractivity contribution in [3.05, 3.63) is 65.7 Å². The van der Waals surface area contributed by atoms with Crippen molar-refractivity contribution >= 4 is 5.69 Å². The molecule has 2 nitrogen and oxygen atoms in total. The van der Waals surface area contributed by atoms with Crippen LogP contribution in [0.2, 0.25) is 0 Å². The Morgan fingerprint density at radius 2 is 1.52 bits per heavy atom. The van der Waals surface area contributed by atoms with Gasteiger partial charge in [0.15, 0.2) is 0 Å².